The molecule has 0 aliphatic carbocycles. The number of hydrogen-bond acceptors (Lipinski definition) is 2. The molecule has 1 aromatic rings. The summed E-state index contributed by atoms with van der Waals surface area (Å²) >= 11 is 0. The molecule has 0 radical (unpaired) electrons. The molecule has 1 aromatic carbocycles. The number of hydrogen-bond donors (Lipinski definition) is 1. The molecule has 1 heterocycles. The van der Waals surface area contributed by atoms with E-state index in [1.54, 1.807) is 0 Å². The molecule has 0 aromatic heterocycles. The molecule has 1 N–H and O–H groups in total. The molecule has 0 saturated carbocycles. The lowest BCUT2D eigenvalue weighted by molar-refractivity contribution is -0.125. The lowest BCUT2D eigenvalue weighted by Crippen LogP contribution is -2.47. The van der Waals surface area contributed by atoms with Crippen molar-refractivity contribution in [1.82, 2.24) is 0 Å². The Hall–Kier alpha value is -0.860. The van der Waals surface area contributed by atoms with Crippen LogP contribution in [0.15, 0.2) is 30.3 Å². The molecule has 17 heavy (non-hydrogen) atoms. The lowest BCUT2D eigenvalue weighted by Gasteiger charge is -2.35. The second-order valence-corrected chi connectivity index (χ2v) is 6.24. The van der Waals surface area contributed by atoms with Gasteiger partial charge in [0.25, 0.3) is 0 Å². The molecular formula is C15H22O2. The van der Waals surface area contributed by atoms with Gasteiger partial charge in [-0.25, -0.2) is 0 Å². The highest BCUT2D eigenvalue weighted by Crippen LogP contribution is 2.46. The molecule has 0 bridgehead atoms. The molecule has 1 unspecified atom stereocenters. The van der Waals surface area contributed by atoms with Gasteiger partial charge in [-0.3, -0.25) is 0 Å². The summed E-state index contributed by atoms with van der Waals surface area (Å²) in [5, 5.41) is 10.9. The van der Waals surface area contributed by atoms with Crippen LogP contribution < -0.4 is 0 Å². The van der Waals surface area contributed by atoms with Gasteiger partial charge >= 0.3 is 0 Å². The fourth-order valence-corrected chi connectivity index (χ4v) is 2.95. The fraction of sp³-hybridized carbons (Fsp3) is 0.600. The van der Waals surface area contributed by atoms with Crippen molar-refractivity contribution in [1.29, 1.82) is 0 Å². The van der Waals surface area contributed by atoms with Crippen LogP contribution in [0.2, 0.25) is 0 Å². The van der Waals surface area contributed by atoms with Crippen LogP contribution in [0.1, 0.15) is 39.7 Å². The smallest absolute Gasteiger partial charge is 0.0998 e. The zero-order valence-electron chi connectivity index (χ0n) is 11.2. The van der Waals surface area contributed by atoms with Gasteiger partial charge in [-0.05, 0) is 33.3 Å². The predicted molar refractivity (Wildman–Crippen MR) is 69.0 cm³/mol. The molecule has 94 valence electrons. The van der Waals surface area contributed by atoms with Crippen molar-refractivity contribution in [2.24, 2.45) is 0 Å². The highest BCUT2D eigenvalue weighted by atomic mass is 16.5. The molecule has 1 aliphatic heterocycles. The van der Waals surface area contributed by atoms with Crippen LogP contribution >= 0.6 is 0 Å². The summed E-state index contributed by atoms with van der Waals surface area (Å²) in [6.45, 7) is 8.03. The topological polar surface area (TPSA) is 29.5 Å². The molecule has 1 saturated heterocycles. The van der Waals surface area contributed by atoms with Gasteiger partial charge in [0.1, 0.15) is 0 Å². The molecule has 2 rings (SSSR count). The SMILES string of the molecule is CC1(C)CC(O)(Cc2ccccc2)C(C)(C)O1. The monoisotopic (exact) mass is 234 g/mol. The van der Waals surface area contributed by atoms with Crippen LogP contribution in [0.25, 0.3) is 0 Å². The third-order valence-electron chi connectivity index (χ3n) is 3.71. The Bertz CT molecular complexity index is 395. The van der Waals surface area contributed by atoms with Gasteiger partial charge in [0, 0.05) is 12.8 Å². The Morgan fingerprint density at radius 2 is 1.71 bits per heavy atom. The molecule has 2 nitrogen and oxygen atoms in total. The van der Waals surface area contributed by atoms with Crippen molar-refractivity contribution in [2.45, 2.75) is 57.3 Å². The van der Waals surface area contributed by atoms with E-state index in [0.717, 1.165) is 5.56 Å². The standard InChI is InChI=1S/C15H22O2/c1-13(2)11-15(16,14(3,4)17-13)10-12-8-6-5-7-9-12/h5-9,16H,10-11H2,1-4H3. The van der Waals surface area contributed by atoms with Crippen LogP contribution in [0, 0.1) is 0 Å². The van der Waals surface area contributed by atoms with Crippen molar-refractivity contribution in [2.75, 3.05) is 0 Å². The van der Waals surface area contributed by atoms with E-state index in [-0.39, 0.29) is 5.60 Å². The second kappa shape index (κ2) is 3.82. The third kappa shape index (κ3) is 2.38. The van der Waals surface area contributed by atoms with Gasteiger partial charge < -0.3 is 9.84 Å². The van der Waals surface area contributed by atoms with E-state index >= 15 is 0 Å². The number of ether oxygens (including phenoxy) is 1. The zero-order chi connectivity index (χ0) is 12.7. The van der Waals surface area contributed by atoms with E-state index < -0.39 is 11.2 Å². The first-order valence-corrected chi connectivity index (χ1v) is 6.21. The summed E-state index contributed by atoms with van der Waals surface area (Å²) in [5.41, 5.74) is -0.401. The molecule has 1 aliphatic rings. The largest absolute Gasteiger partial charge is 0.386 e. The Morgan fingerprint density at radius 3 is 2.18 bits per heavy atom. The maximum absolute atomic E-state index is 10.9. The number of rotatable bonds is 2. The molecule has 1 fully saturated rings. The Labute approximate surface area is 104 Å². The van der Waals surface area contributed by atoms with Crippen molar-refractivity contribution in [3.63, 3.8) is 0 Å². The number of benzene rings is 1. The molecule has 1 atom stereocenters. The molecule has 0 spiro atoms. The summed E-state index contributed by atoms with van der Waals surface area (Å²) < 4.78 is 5.97. The van der Waals surface area contributed by atoms with Crippen LogP contribution in [-0.2, 0) is 11.2 Å². The normalized spacial score (nSPS) is 30.4. The highest BCUT2D eigenvalue weighted by Gasteiger charge is 2.56. The summed E-state index contributed by atoms with van der Waals surface area (Å²) in [4.78, 5) is 0. The van der Waals surface area contributed by atoms with Gasteiger partial charge in [-0.2, -0.15) is 0 Å². The van der Waals surface area contributed by atoms with Gasteiger partial charge in [0.15, 0.2) is 0 Å². The highest BCUT2D eigenvalue weighted by molar-refractivity contribution is 5.20. The fourth-order valence-electron chi connectivity index (χ4n) is 2.95. The lowest BCUT2D eigenvalue weighted by atomic mass is 9.78. The first-order chi connectivity index (χ1) is 7.74. The van der Waals surface area contributed by atoms with E-state index in [9.17, 15) is 5.11 Å². The summed E-state index contributed by atoms with van der Waals surface area (Å²) in [6, 6.07) is 10.1. The predicted octanol–water partition coefficient (Wildman–Crippen LogP) is 2.94. The van der Waals surface area contributed by atoms with E-state index in [1.165, 1.54) is 0 Å². The summed E-state index contributed by atoms with van der Waals surface area (Å²) in [7, 11) is 0. The minimum absolute atomic E-state index is 0.257. The Kier molecular flexibility index (Phi) is 2.83. The molecular weight excluding hydrogens is 212 g/mol. The van der Waals surface area contributed by atoms with Crippen LogP contribution in [0.4, 0.5) is 0 Å². The minimum Gasteiger partial charge on any atom is -0.386 e. The van der Waals surface area contributed by atoms with E-state index in [1.807, 2.05) is 45.9 Å². The van der Waals surface area contributed by atoms with Crippen LogP contribution in [0.3, 0.4) is 0 Å². The van der Waals surface area contributed by atoms with Crippen LogP contribution in [0.5, 0.6) is 0 Å². The van der Waals surface area contributed by atoms with Crippen LogP contribution in [-0.4, -0.2) is 21.9 Å². The molecule has 0 amide bonds. The average molecular weight is 234 g/mol. The van der Waals surface area contributed by atoms with Crippen molar-refractivity contribution in [3.8, 4) is 0 Å². The Balaban J connectivity index is 2.25. The maximum Gasteiger partial charge on any atom is 0.0998 e. The summed E-state index contributed by atoms with van der Waals surface area (Å²) in [6.07, 6.45) is 1.31. The second-order valence-electron chi connectivity index (χ2n) is 6.24. The van der Waals surface area contributed by atoms with Gasteiger partial charge in [0.05, 0.1) is 16.8 Å². The average Bonchev–Trinajstić information content (AvgIpc) is 2.31. The van der Waals surface area contributed by atoms with Gasteiger partial charge in [-0.1, -0.05) is 30.3 Å². The van der Waals surface area contributed by atoms with E-state index in [0.29, 0.717) is 12.8 Å². The molecule has 2 heteroatoms. The van der Waals surface area contributed by atoms with Crippen molar-refractivity contribution < 1.29 is 9.84 Å². The van der Waals surface area contributed by atoms with E-state index in [4.69, 9.17) is 4.74 Å². The van der Waals surface area contributed by atoms with Crippen molar-refractivity contribution in [3.05, 3.63) is 35.9 Å². The maximum atomic E-state index is 10.9. The van der Waals surface area contributed by atoms with Crippen molar-refractivity contribution >= 4 is 0 Å². The zero-order valence-corrected chi connectivity index (χ0v) is 11.2. The minimum atomic E-state index is -0.794. The first kappa shape index (κ1) is 12.6. The third-order valence-corrected chi connectivity index (χ3v) is 3.71. The Morgan fingerprint density at radius 1 is 1.12 bits per heavy atom. The number of aliphatic hydroxyl groups is 1. The van der Waals surface area contributed by atoms with E-state index in [2.05, 4.69) is 12.1 Å². The first-order valence-electron chi connectivity index (χ1n) is 6.21. The quantitative estimate of drug-likeness (QED) is 0.852. The summed E-state index contributed by atoms with van der Waals surface area (Å²) in [5.74, 6) is 0. The van der Waals surface area contributed by atoms with Gasteiger partial charge in [-0.15, -0.1) is 0 Å². The van der Waals surface area contributed by atoms with Gasteiger partial charge in [0.2, 0.25) is 0 Å².